The molecule has 1 saturated heterocycles. The van der Waals surface area contributed by atoms with Crippen LogP contribution in [0.2, 0.25) is 0 Å². The van der Waals surface area contributed by atoms with Crippen LogP contribution in [0.25, 0.3) is 10.8 Å². The van der Waals surface area contributed by atoms with Crippen LogP contribution < -0.4 is 0 Å². The molecule has 6 nitrogen and oxygen atoms in total. The van der Waals surface area contributed by atoms with E-state index in [4.69, 9.17) is 0 Å². The largest absolute Gasteiger partial charge is 0.337 e. The predicted octanol–water partition coefficient (Wildman–Crippen LogP) is 5.35. The van der Waals surface area contributed by atoms with E-state index in [1.165, 1.54) is 27.5 Å². The van der Waals surface area contributed by atoms with Crippen molar-refractivity contribution >= 4 is 16.7 Å². The fourth-order valence-electron chi connectivity index (χ4n) is 6.67. The molecule has 1 aliphatic rings. The standard InChI is InChI=1S/C38H57N5O/c1-29-15-17-34(30(2)22-29)25-37(40(6)7)27-42-26-31(3)43(28-36(42)14-11-19-41(8)21-20-39(4)5)38(44)24-32-16-18-33-12-9-10-13-35(33)23-32/h9-10,12-13,15-18,22-23,31,36-37H,11,14,19-21,24-28H2,1-8H3/t31-,36+,37+/m1/s1. The van der Waals surface area contributed by atoms with Gasteiger partial charge in [0.15, 0.2) is 0 Å². The second kappa shape index (κ2) is 16.0. The molecule has 1 aliphatic heterocycles. The molecular formula is C38H57N5O. The maximum absolute atomic E-state index is 13.8. The highest BCUT2D eigenvalue weighted by Gasteiger charge is 2.35. The fourth-order valence-corrected chi connectivity index (χ4v) is 6.67. The highest BCUT2D eigenvalue weighted by atomic mass is 16.2. The third-order valence-corrected chi connectivity index (χ3v) is 9.58. The minimum absolute atomic E-state index is 0.186. The second-order valence-electron chi connectivity index (χ2n) is 13.9. The fraction of sp³-hybridized carbons (Fsp3) is 0.553. The van der Waals surface area contributed by atoms with E-state index >= 15 is 0 Å². The van der Waals surface area contributed by atoms with Crippen LogP contribution in [0, 0.1) is 13.8 Å². The maximum atomic E-state index is 13.8. The number of rotatable bonds is 14. The van der Waals surface area contributed by atoms with Gasteiger partial charge in [0.25, 0.3) is 0 Å². The van der Waals surface area contributed by atoms with E-state index < -0.39 is 0 Å². The molecule has 0 radical (unpaired) electrons. The quantitative estimate of drug-likeness (QED) is 0.250. The monoisotopic (exact) mass is 599 g/mol. The zero-order valence-corrected chi connectivity index (χ0v) is 28.7. The predicted molar refractivity (Wildman–Crippen MR) is 187 cm³/mol. The summed E-state index contributed by atoms with van der Waals surface area (Å²) in [6.45, 7) is 12.6. The van der Waals surface area contributed by atoms with Gasteiger partial charge in [-0.3, -0.25) is 9.69 Å². The Kier molecular flexibility index (Phi) is 12.4. The van der Waals surface area contributed by atoms with Crippen molar-refractivity contribution in [2.24, 2.45) is 0 Å². The molecule has 0 spiro atoms. The average molecular weight is 600 g/mol. The van der Waals surface area contributed by atoms with Crippen molar-refractivity contribution in [1.29, 1.82) is 0 Å². The summed E-state index contributed by atoms with van der Waals surface area (Å²) in [4.78, 5) is 25.8. The molecule has 6 heteroatoms. The van der Waals surface area contributed by atoms with Gasteiger partial charge >= 0.3 is 0 Å². The van der Waals surface area contributed by atoms with Crippen molar-refractivity contribution in [3.05, 3.63) is 82.9 Å². The lowest BCUT2D eigenvalue weighted by Gasteiger charge is -2.47. The molecule has 1 heterocycles. The highest BCUT2D eigenvalue weighted by molar-refractivity contribution is 5.85. The third-order valence-electron chi connectivity index (χ3n) is 9.58. The number of piperazine rings is 1. The SMILES string of the molecule is Cc1ccc(C[C@@H](CN2C[C@@H](C)N(C(=O)Cc3ccc4ccccc4c3)C[C@@H]2CCCN(C)CCN(C)C)N(C)C)c(C)c1. The van der Waals surface area contributed by atoms with Crippen molar-refractivity contribution in [1.82, 2.24) is 24.5 Å². The van der Waals surface area contributed by atoms with E-state index in [0.717, 1.165) is 64.1 Å². The van der Waals surface area contributed by atoms with Gasteiger partial charge in [0, 0.05) is 50.8 Å². The van der Waals surface area contributed by atoms with Crippen molar-refractivity contribution in [2.45, 2.75) is 64.6 Å². The van der Waals surface area contributed by atoms with Crippen LogP contribution in [-0.4, -0.2) is 123 Å². The normalized spacial score (nSPS) is 18.6. The lowest BCUT2D eigenvalue weighted by atomic mass is 9.96. The zero-order chi connectivity index (χ0) is 31.8. The summed E-state index contributed by atoms with van der Waals surface area (Å²) in [5.41, 5.74) is 5.24. The molecule has 0 unspecified atom stereocenters. The number of amides is 1. The maximum Gasteiger partial charge on any atom is 0.227 e. The van der Waals surface area contributed by atoms with Crippen LogP contribution in [-0.2, 0) is 17.6 Å². The zero-order valence-electron chi connectivity index (χ0n) is 28.7. The number of nitrogens with zero attached hydrogens (tertiary/aromatic N) is 5. The van der Waals surface area contributed by atoms with Gasteiger partial charge in [-0.15, -0.1) is 0 Å². The Morgan fingerprint density at radius 1 is 0.886 bits per heavy atom. The molecule has 44 heavy (non-hydrogen) atoms. The minimum atomic E-state index is 0.186. The highest BCUT2D eigenvalue weighted by Crippen LogP contribution is 2.24. The summed E-state index contributed by atoms with van der Waals surface area (Å²) in [6.07, 6.45) is 3.73. The molecule has 0 saturated carbocycles. The van der Waals surface area contributed by atoms with Gasteiger partial charge < -0.3 is 19.6 Å². The van der Waals surface area contributed by atoms with Crippen LogP contribution >= 0.6 is 0 Å². The number of aryl methyl sites for hydroxylation is 2. The molecule has 240 valence electrons. The number of hydrogen-bond acceptors (Lipinski definition) is 5. The first kappa shape index (κ1) is 34.1. The summed E-state index contributed by atoms with van der Waals surface area (Å²) in [7, 11) is 10.9. The van der Waals surface area contributed by atoms with E-state index in [0.29, 0.717) is 18.5 Å². The van der Waals surface area contributed by atoms with E-state index in [9.17, 15) is 4.79 Å². The van der Waals surface area contributed by atoms with Crippen LogP contribution in [0.4, 0.5) is 0 Å². The van der Waals surface area contributed by atoms with Crippen LogP contribution in [0.3, 0.4) is 0 Å². The van der Waals surface area contributed by atoms with E-state index in [1.54, 1.807) is 0 Å². The van der Waals surface area contributed by atoms with E-state index in [1.807, 2.05) is 0 Å². The number of carbonyl (C=O) groups excluding carboxylic acids is 1. The molecule has 0 aromatic heterocycles. The Hall–Kier alpha value is -2.77. The average Bonchev–Trinajstić information content (AvgIpc) is 2.97. The molecule has 1 amide bonds. The van der Waals surface area contributed by atoms with Gasteiger partial charge in [0.1, 0.15) is 0 Å². The lowest BCUT2D eigenvalue weighted by molar-refractivity contribution is -0.137. The number of hydrogen-bond donors (Lipinski definition) is 0. The number of carbonyl (C=O) groups is 1. The molecular weight excluding hydrogens is 542 g/mol. The smallest absolute Gasteiger partial charge is 0.227 e. The summed E-state index contributed by atoms with van der Waals surface area (Å²) >= 11 is 0. The van der Waals surface area contributed by atoms with Gasteiger partial charge in [0.05, 0.1) is 6.42 Å². The van der Waals surface area contributed by atoms with Gasteiger partial charge in [-0.05, 0) is 109 Å². The molecule has 3 aromatic carbocycles. The molecule has 3 atom stereocenters. The Labute approximate surface area is 267 Å². The summed E-state index contributed by atoms with van der Waals surface area (Å²) in [6, 6.07) is 22.7. The van der Waals surface area contributed by atoms with Gasteiger partial charge in [-0.25, -0.2) is 0 Å². The molecule has 4 rings (SSSR count). The molecule has 0 bridgehead atoms. The number of fused-ring (bicyclic) bond motifs is 1. The topological polar surface area (TPSA) is 33.3 Å². The minimum Gasteiger partial charge on any atom is -0.337 e. The van der Waals surface area contributed by atoms with Crippen molar-refractivity contribution < 1.29 is 4.79 Å². The van der Waals surface area contributed by atoms with Gasteiger partial charge in [-0.1, -0.05) is 66.2 Å². The Balaban J connectivity index is 1.47. The summed E-state index contributed by atoms with van der Waals surface area (Å²) in [5, 5.41) is 2.42. The van der Waals surface area contributed by atoms with Gasteiger partial charge in [-0.2, -0.15) is 0 Å². The van der Waals surface area contributed by atoms with Crippen molar-refractivity contribution in [3.8, 4) is 0 Å². The third kappa shape index (κ3) is 9.61. The Morgan fingerprint density at radius 3 is 2.34 bits per heavy atom. The Bertz CT molecular complexity index is 1350. The van der Waals surface area contributed by atoms with Crippen molar-refractivity contribution in [2.75, 3.05) is 74.5 Å². The molecule has 1 fully saturated rings. The van der Waals surface area contributed by atoms with Crippen LogP contribution in [0.15, 0.2) is 60.7 Å². The molecule has 0 N–H and O–H groups in total. The first-order valence-electron chi connectivity index (χ1n) is 16.6. The van der Waals surface area contributed by atoms with E-state index in [2.05, 4.69) is 141 Å². The molecule has 3 aromatic rings. The lowest BCUT2D eigenvalue weighted by Crippen LogP contribution is -2.61. The second-order valence-corrected chi connectivity index (χ2v) is 13.9. The summed E-state index contributed by atoms with van der Waals surface area (Å²) in [5.74, 6) is 0.250. The van der Waals surface area contributed by atoms with Crippen molar-refractivity contribution in [3.63, 3.8) is 0 Å². The van der Waals surface area contributed by atoms with Gasteiger partial charge in [0.2, 0.25) is 5.91 Å². The number of likely N-dealkylation sites (N-methyl/N-ethyl adjacent to an activating group) is 3. The summed E-state index contributed by atoms with van der Waals surface area (Å²) < 4.78 is 0. The first-order chi connectivity index (χ1) is 21.0. The van der Waals surface area contributed by atoms with E-state index in [-0.39, 0.29) is 11.9 Å². The molecule has 0 aliphatic carbocycles. The first-order valence-corrected chi connectivity index (χ1v) is 16.6. The van der Waals surface area contributed by atoms with Crippen LogP contribution in [0.5, 0.6) is 0 Å². The van der Waals surface area contributed by atoms with Crippen LogP contribution in [0.1, 0.15) is 42.0 Å². The Morgan fingerprint density at radius 2 is 1.64 bits per heavy atom. The number of benzene rings is 3.